The molecular formula is C11H18N2O3S2. The Morgan fingerprint density at radius 1 is 1.44 bits per heavy atom. The first kappa shape index (κ1) is 14.0. The number of morpholine rings is 1. The van der Waals surface area contributed by atoms with Crippen LogP contribution in [0.3, 0.4) is 0 Å². The lowest BCUT2D eigenvalue weighted by molar-refractivity contribution is 0.0730. The molecule has 0 amide bonds. The van der Waals surface area contributed by atoms with Crippen molar-refractivity contribution in [2.75, 3.05) is 33.4 Å². The van der Waals surface area contributed by atoms with E-state index in [-0.39, 0.29) is 0 Å². The molecular weight excluding hydrogens is 272 g/mol. The summed E-state index contributed by atoms with van der Waals surface area (Å²) in [6.07, 6.45) is 0. The van der Waals surface area contributed by atoms with E-state index in [2.05, 4.69) is 5.32 Å². The van der Waals surface area contributed by atoms with Gasteiger partial charge in [0.2, 0.25) is 10.0 Å². The van der Waals surface area contributed by atoms with Gasteiger partial charge in [0.05, 0.1) is 13.2 Å². The maximum absolute atomic E-state index is 12.6. The van der Waals surface area contributed by atoms with E-state index in [9.17, 15) is 8.42 Å². The molecule has 1 aromatic heterocycles. The van der Waals surface area contributed by atoms with Gasteiger partial charge in [-0.3, -0.25) is 0 Å². The molecule has 0 bridgehead atoms. The molecule has 1 aromatic rings. The van der Waals surface area contributed by atoms with E-state index in [1.54, 1.807) is 0 Å². The average Bonchev–Trinajstić information content (AvgIpc) is 2.73. The van der Waals surface area contributed by atoms with Crippen molar-refractivity contribution in [3.8, 4) is 0 Å². The molecule has 5 nitrogen and oxygen atoms in total. The van der Waals surface area contributed by atoms with Crippen LogP contribution in [-0.4, -0.2) is 46.1 Å². The monoisotopic (exact) mass is 290 g/mol. The molecule has 1 fully saturated rings. The summed E-state index contributed by atoms with van der Waals surface area (Å²) in [5.74, 6) is 0. The van der Waals surface area contributed by atoms with E-state index in [1.807, 2.05) is 19.4 Å². The first-order chi connectivity index (χ1) is 8.57. The normalized spacial score (nSPS) is 18.1. The van der Waals surface area contributed by atoms with Crippen molar-refractivity contribution in [2.24, 2.45) is 0 Å². The van der Waals surface area contributed by atoms with E-state index in [4.69, 9.17) is 4.74 Å². The summed E-state index contributed by atoms with van der Waals surface area (Å²) in [6.45, 7) is 4.27. The van der Waals surface area contributed by atoms with Crippen molar-refractivity contribution >= 4 is 21.4 Å². The molecule has 1 saturated heterocycles. The number of aryl methyl sites for hydroxylation is 1. The molecule has 0 saturated carbocycles. The minimum absolute atomic E-state index is 0.441. The maximum atomic E-state index is 12.6. The van der Waals surface area contributed by atoms with Gasteiger partial charge >= 0.3 is 0 Å². The van der Waals surface area contributed by atoms with Gasteiger partial charge in [-0.2, -0.15) is 4.31 Å². The molecule has 0 aromatic carbocycles. The van der Waals surface area contributed by atoms with Crippen molar-refractivity contribution in [3.63, 3.8) is 0 Å². The first-order valence-electron chi connectivity index (χ1n) is 5.87. The van der Waals surface area contributed by atoms with Crippen molar-refractivity contribution in [3.05, 3.63) is 15.8 Å². The summed E-state index contributed by atoms with van der Waals surface area (Å²) < 4.78 is 32.0. The predicted molar refractivity (Wildman–Crippen MR) is 71.4 cm³/mol. The van der Waals surface area contributed by atoms with E-state index >= 15 is 0 Å². The Morgan fingerprint density at radius 3 is 2.72 bits per heavy atom. The molecule has 2 rings (SSSR count). The molecule has 0 radical (unpaired) electrons. The Bertz CT molecular complexity index is 504. The van der Waals surface area contributed by atoms with Gasteiger partial charge in [-0.1, -0.05) is 0 Å². The number of rotatable bonds is 4. The fraction of sp³-hybridized carbons (Fsp3) is 0.636. The zero-order valence-electron chi connectivity index (χ0n) is 10.6. The molecule has 0 spiro atoms. The third kappa shape index (κ3) is 2.60. The molecule has 102 valence electrons. The second kappa shape index (κ2) is 5.66. The highest BCUT2D eigenvalue weighted by Gasteiger charge is 2.30. The van der Waals surface area contributed by atoms with Crippen LogP contribution in [0.5, 0.6) is 0 Å². The van der Waals surface area contributed by atoms with Crippen LogP contribution in [-0.2, 0) is 21.3 Å². The Kier molecular flexibility index (Phi) is 4.39. The Balaban J connectivity index is 2.36. The SMILES string of the molecule is CNCc1scc(C)c1S(=O)(=O)N1CCOCC1. The lowest BCUT2D eigenvalue weighted by Gasteiger charge is -2.26. The highest BCUT2D eigenvalue weighted by molar-refractivity contribution is 7.89. The second-order valence-electron chi connectivity index (χ2n) is 4.22. The van der Waals surface area contributed by atoms with E-state index in [1.165, 1.54) is 15.6 Å². The van der Waals surface area contributed by atoms with Crippen molar-refractivity contribution in [1.82, 2.24) is 9.62 Å². The Morgan fingerprint density at radius 2 is 2.11 bits per heavy atom. The van der Waals surface area contributed by atoms with Crippen LogP contribution in [0.4, 0.5) is 0 Å². The van der Waals surface area contributed by atoms with Crippen LogP contribution < -0.4 is 5.32 Å². The molecule has 0 aliphatic carbocycles. The van der Waals surface area contributed by atoms with Gasteiger partial charge in [0.25, 0.3) is 0 Å². The van der Waals surface area contributed by atoms with E-state index < -0.39 is 10.0 Å². The van der Waals surface area contributed by atoms with Gasteiger partial charge in [0.1, 0.15) is 4.90 Å². The number of nitrogens with zero attached hydrogens (tertiary/aromatic N) is 1. The molecule has 1 aliphatic heterocycles. The van der Waals surface area contributed by atoms with Crippen LogP contribution >= 0.6 is 11.3 Å². The predicted octanol–water partition coefficient (Wildman–Crippen LogP) is 0.797. The number of sulfonamides is 1. The quantitative estimate of drug-likeness (QED) is 0.891. The topological polar surface area (TPSA) is 58.6 Å². The largest absolute Gasteiger partial charge is 0.379 e. The summed E-state index contributed by atoms with van der Waals surface area (Å²) in [6, 6.07) is 0. The highest BCUT2D eigenvalue weighted by atomic mass is 32.2. The van der Waals surface area contributed by atoms with Crippen LogP contribution in [0.1, 0.15) is 10.4 Å². The van der Waals surface area contributed by atoms with Crippen molar-refractivity contribution in [1.29, 1.82) is 0 Å². The number of ether oxygens (including phenoxy) is 1. The molecule has 1 aliphatic rings. The number of hydrogen-bond acceptors (Lipinski definition) is 5. The van der Waals surface area contributed by atoms with Gasteiger partial charge in [-0.25, -0.2) is 8.42 Å². The zero-order chi connectivity index (χ0) is 13.2. The molecule has 1 N–H and O–H groups in total. The highest BCUT2D eigenvalue weighted by Crippen LogP contribution is 2.29. The fourth-order valence-electron chi connectivity index (χ4n) is 2.03. The van der Waals surface area contributed by atoms with Crippen molar-refractivity contribution in [2.45, 2.75) is 18.4 Å². The second-order valence-corrected chi connectivity index (χ2v) is 7.06. The van der Waals surface area contributed by atoms with Gasteiger partial charge < -0.3 is 10.1 Å². The van der Waals surface area contributed by atoms with Gasteiger partial charge in [0, 0.05) is 24.5 Å². The van der Waals surface area contributed by atoms with Crippen molar-refractivity contribution < 1.29 is 13.2 Å². The van der Waals surface area contributed by atoms with Gasteiger partial charge in [-0.05, 0) is 24.9 Å². The summed E-state index contributed by atoms with van der Waals surface area (Å²) in [4.78, 5) is 1.35. The summed E-state index contributed by atoms with van der Waals surface area (Å²) in [7, 11) is -1.56. The van der Waals surface area contributed by atoms with E-state index in [0.29, 0.717) is 37.7 Å². The fourth-order valence-corrected chi connectivity index (χ4v) is 5.21. The van der Waals surface area contributed by atoms with Gasteiger partial charge in [0.15, 0.2) is 0 Å². The third-order valence-electron chi connectivity index (χ3n) is 2.89. The minimum atomic E-state index is -3.38. The average molecular weight is 290 g/mol. The van der Waals surface area contributed by atoms with E-state index in [0.717, 1.165) is 10.4 Å². The Hall–Kier alpha value is -0.470. The Labute approximate surface area is 112 Å². The summed E-state index contributed by atoms with van der Waals surface area (Å²) in [5, 5.41) is 4.92. The van der Waals surface area contributed by atoms with Gasteiger partial charge in [-0.15, -0.1) is 11.3 Å². The number of hydrogen-bond donors (Lipinski definition) is 1. The maximum Gasteiger partial charge on any atom is 0.244 e. The van der Waals surface area contributed by atoms with Crippen LogP contribution in [0, 0.1) is 6.92 Å². The molecule has 18 heavy (non-hydrogen) atoms. The zero-order valence-corrected chi connectivity index (χ0v) is 12.2. The molecule has 2 heterocycles. The molecule has 7 heteroatoms. The summed E-state index contributed by atoms with van der Waals surface area (Å²) >= 11 is 1.49. The number of nitrogens with one attached hydrogen (secondary N) is 1. The van der Waals surface area contributed by atoms with Crippen LogP contribution in [0.15, 0.2) is 10.3 Å². The first-order valence-corrected chi connectivity index (χ1v) is 8.19. The minimum Gasteiger partial charge on any atom is -0.379 e. The smallest absolute Gasteiger partial charge is 0.244 e. The lowest BCUT2D eigenvalue weighted by Crippen LogP contribution is -2.41. The van der Waals surface area contributed by atoms with Crippen LogP contribution in [0.25, 0.3) is 0 Å². The van der Waals surface area contributed by atoms with Crippen LogP contribution in [0.2, 0.25) is 0 Å². The summed E-state index contributed by atoms with van der Waals surface area (Å²) in [5.41, 5.74) is 0.830. The number of thiophene rings is 1. The molecule has 0 atom stereocenters. The third-order valence-corrected chi connectivity index (χ3v) is 6.26. The molecule has 0 unspecified atom stereocenters. The standard InChI is InChI=1S/C11H18N2O3S2/c1-9-8-17-10(7-12-2)11(9)18(14,15)13-3-5-16-6-4-13/h8,12H,3-7H2,1-2H3. The lowest BCUT2D eigenvalue weighted by atomic mass is 10.3.